The summed E-state index contributed by atoms with van der Waals surface area (Å²) in [5.41, 5.74) is 5.49. The van der Waals surface area contributed by atoms with Gasteiger partial charge in [-0.2, -0.15) is 0 Å². The van der Waals surface area contributed by atoms with E-state index in [-0.39, 0.29) is 11.0 Å². The molecule has 0 saturated carbocycles. The number of furan rings is 1. The first-order valence-electron chi connectivity index (χ1n) is 10.7. The number of hydrogen-bond acceptors (Lipinski definition) is 3. The van der Waals surface area contributed by atoms with Gasteiger partial charge in [0.2, 0.25) is 0 Å². The Labute approximate surface area is 187 Å². The van der Waals surface area contributed by atoms with Crippen molar-refractivity contribution in [1.82, 2.24) is 4.57 Å². The summed E-state index contributed by atoms with van der Waals surface area (Å²) < 4.78 is 7.62. The normalized spacial score (nSPS) is 10.9. The maximum atomic E-state index is 13.6. The van der Waals surface area contributed by atoms with Crippen LogP contribution in [0.25, 0.3) is 17.1 Å². The predicted molar refractivity (Wildman–Crippen MR) is 128 cm³/mol. The van der Waals surface area contributed by atoms with Gasteiger partial charge in [-0.1, -0.05) is 43.3 Å². The van der Waals surface area contributed by atoms with Crippen LogP contribution in [0.2, 0.25) is 0 Å². The van der Waals surface area contributed by atoms with E-state index in [4.69, 9.17) is 4.42 Å². The van der Waals surface area contributed by atoms with Crippen LogP contribution in [0, 0.1) is 20.8 Å². The highest BCUT2D eigenvalue weighted by Gasteiger charge is 2.25. The number of para-hydroxylation sites is 2. The van der Waals surface area contributed by atoms with Crippen LogP contribution in [0.1, 0.15) is 39.7 Å². The standard InChI is InChI=1S/C27H26N2O3/c1-5-20-12-8-11-18(3)25(20)28-27(31)24-22(30)16-19(4)29(21-13-7-6-10-17(21)2)26(24)23-14-9-15-32-23/h6-16H,5H2,1-4H3,(H,28,31). The smallest absolute Gasteiger partial charge is 0.261 e. The molecule has 4 aromatic rings. The Morgan fingerprint density at radius 3 is 2.41 bits per heavy atom. The van der Waals surface area contributed by atoms with Crippen LogP contribution in [-0.4, -0.2) is 10.5 Å². The first kappa shape index (κ1) is 21.4. The minimum atomic E-state index is -0.451. The van der Waals surface area contributed by atoms with Crippen LogP contribution < -0.4 is 10.7 Å². The fourth-order valence-corrected chi connectivity index (χ4v) is 4.10. The number of hydrogen-bond donors (Lipinski definition) is 1. The highest BCUT2D eigenvalue weighted by atomic mass is 16.3. The van der Waals surface area contributed by atoms with Crippen LogP contribution in [0.3, 0.4) is 0 Å². The predicted octanol–water partition coefficient (Wildman–Crippen LogP) is 5.84. The third-order valence-electron chi connectivity index (χ3n) is 5.72. The molecule has 0 fully saturated rings. The van der Waals surface area contributed by atoms with E-state index >= 15 is 0 Å². The quantitative estimate of drug-likeness (QED) is 0.436. The molecule has 2 aromatic carbocycles. The molecule has 1 amide bonds. The Hall–Kier alpha value is -3.86. The summed E-state index contributed by atoms with van der Waals surface area (Å²) in [6.45, 7) is 7.84. The Morgan fingerprint density at radius 1 is 0.969 bits per heavy atom. The molecule has 32 heavy (non-hydrogen) atoms. The average Bonchev–Trinajstić information content (AvgIpc) is 3.30. The monoisotopic (exact) mass is 426 g/mol. The summed E-state index contributed by atoms with van der Waals surface area (Å²) in [4.78, 5) is 26.8. The first-order valence-corrected chi connectivity index (χ1v) is 10.7. The Bertz CT molecular complexity index is 1350. The van der Waals surface area contributed by atoms with E-state index in [1.807, 2.05) is 74.7 Å². The largest absolute Gasteiger partial charge is 0.463 e. The number of nitrogens with zero attached hydrogens (tertiary/aromatic N) is 1. The zero-order valence-electron chi connectivity index (χ0n) is 18.7. The maximum absolute atomic E-state index is 13.6. The zero-order valence-corrected chi connectivity index (χ0v) is 18.7. The van der Waals surface area contributed by atoms with Crippen molar-refractivity contribution >= 4 is 11.6 Å². The summed E-state index contributed by atoms with van der Waals surface area (Å²) in [6, 6.07) is 18.8. The van der Waals surface area contributed by atoms with Gasteiger partial charge < -0.3 is 14.3 Å². The maximum Gasteiger partial charge on any atom is 0.261 e. The molecule has 162 valence electrons. The van der Waals surface area contributed by atoms with E-state index in [0.29, 0.717) is 11.5 Å². The molecule has 0 bridgehead atoms. The number of aryl methyl sites for hydroxylation is 4. The van der Waals surface area contributed by atoms with Gasteiger partial charge in [0.1, 0.15) is 11.3 Å². The number of carbonyl (C=O) groups excluding carboxylic acids is 1. The van der Waals surface area contributed by atoms with Crippen LogP contribution in [-0.2, 0) is 6.42 Å². The number of pyridine rings is 1. The average molecular weight is 427 g/mol. The second kappa shape index (κ2) is 8.71. The molecule has 0 spiro atoms. The first-order chi connectivity index (χ1) is 15.4. The van der Waals surface area contributed by atoms with E-state index in [2.05, 4.69) is 5.32 Å². The van der Waals surface area contributed by atoms with Crippen LogP contribution in [0.15, 0.2) is 76.1 Å². The van der Waals surface area contributed by atoms with E-state index < -0.39 is 5.91 Å². The highest BCUT2D eigenvalue weighted by molar-refractivity contribution is 6.08. The summed E-state index contributed by atoms with van der Waals surface area (Å²) in [7, 11) is 0. The molecule has 1 N–H and O–H groups in total. The molecule has 2 aromatic heterocycles. The summed E-state index contributed by atoms with van der Waals surface area (Å²) in [5.74, 6) is 0.00689. The van der Waals surface area contributed by atoms with Crippen molar-refractivity contribution in [3.05, 3.63) is 105 Å². The number of aromatic nitrogens is 1. The lowest BCUT2D eigenvalue weighted by molar-refractivity contribution is 0.102. The fraction of sp³-hybridized carbons (Fsp3) is 0.185. The number of nitrogens with one attached hydrogen (secondary N) is 1. The van der Waals surface area contributed by atoms with Crippen LogP contribution in [0.5, 0.6) is 0 Å². The lowest BCUT2D eigenvalue weighted by Gasteiger charge is -2.21. The molecule has 0 atom stereocenters. The highest BCUT2D eigenvalue weighted by Crippen LogP contribution is 2.30. The SMILES string of the molecule is CCc1cccc(C)c1NC(=O)c1c(-c2ccco2)n(-c2ccccc2C)c(C)cc1=O. The molecule has 0 radical (unpaired) electrons. The van der Waals surface area contributed by atoms with E-state index in [9.17, 15) is 9.59 Å². The molecule has 5 nitrogen and oxygen atoms in total. The molecule has 0 aliphatic heterocycles. The van der Waals surface area contributed by atoms with Gasteiger partial charge in [-0.15, -0.1) is 0 Å². The number of rotatable bonds is 5. The van der Waals surface area contributed by atoms with Crippen molar-refractivity contribution in [2.45, 2.75) is 34.1 Å². The number of anilines is 1. The lowest BCUT2D eigenvalue weighted by atomic mass is 10.0. The molecule has 5 heteroatoms. The Morgan fingerprint density at radius 2 is 1.72 bits per heavy atom. The zero-order chi connectivity index (χ0) is 22.8. The molecule has 4 rings (SSSR count). The minimum absolute atomic E-state index is 0.0547. The molecule has 0 aliphatic carbocycles. The van der Waals surface area contributed by atoms with Crippen molar-refractivity contribution in [2.75, 3.05) is 5.32 Å². The Balaban J connectivity index is 1.98. The summed E-state index contributed by atoms with van der Waals surface area (Å²) in [6.07, 6.45) is 2.31. The van der Waals surface area contributed by atoms with E-state index in [0.717, 1.165) is 40.2 Å². The van der Waals surface area contributed by atoms with Crippen molar-refractivity contribution in [2.24, 2.45) is 0 Å². The van der Waals surface area contributed by atoms with Gasteiger partial charge in [-0.25, -0.2) is 0 Å². The number of amides is 1. The van der Waals surface area contributed by atoms with Gasteiger partial charge in [0.25, 0.3) is 5.91 Å². The van der Waals surface area contributed by atoms with E-state index in [1.54, 1.807) is 18.4 Å². The van der Waals surface area contributed by atoms with Gasteiger partial charge in [-0.05, 0) is 62.1 Å². The minimum Gasteiger partial charge on any atom is -0.463 e. The van der Waals surface area contributed by atoms with Gasteiger partial charge in [0.15, 0.2) is 11.2 Å². The van der Waals surface area contributed by atoms with E-state index in [1.165, 1.54) is 6.07 Å². The van der Waals surface area contributed by atoms with Crippen molar-refractivity contribution < 1.29 is 9.21 Å². The third-order valence-corrected chi connectivity index (χ3v) is 5.72. The van der Waals surface area contributed by atoms with Gasteiger partial charge >= 0.3 is 0 Å². The second-order valence-electron chi connectivity index (χ2n) is 7.89. The Kier molecular flexibility index (Phi) is 5.82. The lowest BCUT2D eigenvalue weighted by Crippen LogP contribution is -2.27. The van der Waals surface area contributed by atoms with Crippen molar-refractivity contribution in [3.63, 3.8) is 0 Å². The van der Waals surface area contributed by atoms with Crippen LogP contribution >= 0.6 is 0 Å². The molecular weight excluding hydrogens is 400 g/mol. The molecule has 0 unspecified atom stereocenters. The molecule has 0 aliphatic rings. The number of carbonyl (C=O) groups is 1. The molecular formula is C27H26N2O3. The molecule has 2 heterocycles. The topological polar surface area (TPSA) is 64.2 Å². The fourth-order valence-electron chi connectivity index (χ4n) is 4.10. The number of benzene rings is 2. The summed E-state index contributed by atoms with van der Waals surface area (Å²) >= 11 is 0. The molecule has 0 saturated heterocycles. The third kappa shape index (κ3) is 3.78. The van der Waals surface area contributed by atoms with Gasteiger partial charge in [-0.3, -0.25) is 9.59 Å². The second-order valence-corrected chi connectivity index (χ2v) is 7.89. The van der Waals surface area contributed by atoms with Crippen molar-refractivity contribution in [1.29, 1.82) is 0 Å². The van der Waals surface area contributed by atoms with Gasteiger partial charge in [0, 0.05) is 23.1 Å². The van der Waals surface area contributed by atoms with Crippen LogP contribution in [0.4, 0.5) is 5.69 Å². The van der Waals surface area contributed by atoms with Gasteiger partial charge in [0.05, 0.1) is 6.26 Å². The summed E-state index contributed by atoms with van der Waals surface area (Å²) in [5, 5.41) is 3.01. The van der Waals surface area contributed by atoms with Crippen molar-refractivity contribution in [3.8, 4) is 17.1 Å².